The van der Waals surface area contributed by atoms with Crippen molar-refractivity contribution in [3.63, 3.8) is 0 Å². The molecule has 0 saturated carbocycles. The molecule has 0 bridgehead atoms. The van der Waals surface area contributed by atoms with Gasteiger partial charge in [0.2, 0.25) is 0 Å². The van der Waals surface area contributed by atoms with Crippen LogP contribution in [0.5, 0.6) is 0 Å². The van der Waals surface area contributed by atoms with Gasteiger partial charge in [0.05, 0.1) is 0 Å². The van der Waals surface area contributed by atoms with Crippen LogP contribution < -0.4 is 0 Å². The first kappa shape index (κ1) is 24.6. The Bertz CT molecular complexity index is 484. The third-order valence-electron chi connectivity index (χ3n) is 3.39. The number of unbranched alkanes of at least 4 members (excludes halogenated alkanes) is 4. The Morgan fingerprint density at radius 2 is 1.15 bits per heavy atom. The van der Waals surface area contributed by atoms with E-state index in [9.17, 15) is 44.3 Å². The molecule has 154 valence electrons. The summed E-state index contributed by atoms with van der Waals surface area (Å²) in [4.78, 5) is 10.9. The summed E-state index contributed by atoms with van der Waals surface area (Å²) < 4.78 is 118. The van der Waals surface area contributed by atoms with Gasteiger partial charge in [-0.05, 0) is 19.8 Å². The first-order valence-electron chi connectivity index (χ1n) is 7.62. The van der Waals surface area contributed by atoms with Crippen LogP contribution in [-0.2, 0) is 9.53 Å². The number of rotatable bonds is 11. The van der Waals surface area contributed by atoms with Gasteiger partial charge < -0.3 is 4.74 Å². The fourth-order valence-electron chi connectivity index (χ4n) is 1.79. The van der Waals surface area contributed by atoms with E-state index in [-0.39, 0.29) is 19.3 Å². The molecule has 0 aromatic carbocycles. The second kappa shape index (κ2) is 8.98. The summed E-state index contributed by atoms with van der Waals surface area (Å²) in [6, 6.07) is 0. The zero-order chi connectivity index (χ0) is 20.8. The van der Waals surface area contributed by atoms with E-state index < -0.39 is 61.4 Å². The van der Waals surface area contributed by atoms with Gasteiger partial charge in [-0.25, -0.2) is 4.79 Å². The lowest BCUT2D eigenvalue weighted by Crippen LogP contribution is -2.44. The minimum Gasteiger partial charge on any atom is -0.393 e. The Morgan fingerprint density at radius 3 is 1.54 bits per heavy atom. The van der Waals surface area contributed by atoms with Gasteiger partial charge in [0, 0.05) is 18.4 Å². The molecule has 0 aliphatic carbocycles. The second-order valence-corrected chi connectivity index (χ2v) is 5.86. The first-order chi connectivity index (χ1) is 11.5. The van der Waals surface area contributed by atoms with Gasteiger partial charge >= 0.3 is 30.1 Å². The number of hydrogen-bond acceptors (Lipinski definition) is 2. The highest BCUT2D eigenvalue weighted by atomic mass is 19.4. The summed E-state index contributed by atoms with van der Waals surface area (Å²) in [5, 5.41) is 0. The van der Waals surface area contributed by atoms with E-state index in [1.807, 2.05) is 0 Å². The van der Waals surface area contributed by atoms with Gasteiger partial charge in [-0.1, -0.05) is 25.8 Å². The first-order valence-corrected chi connectivity index (χ1v) is 7.62. The zero-order valence-corrected chi connectivity index (χ0v) is 13.9. The van der Waals surface area contributed by atoms with Crippen LogP contribution in [0.1, 0.15) is 51.9 Å². The van der Waals surface area contributed by atoms with E-state index in [1.165, 1.54) is 0 Å². The van der Waals surface area contributed by atoms with E-state index in [2.05, 4.69) is 11.3 Å². The average Bonchev–Trinajstić information content (AvgIpc) is 2.43. The van der Waals surface area contributed by atoms with E-state index in [0.29, 0.717) is 0 Å². The molecule has 0 aliphatic rings. The Balaban J connectivity index is 4.20. The van der Waals surface area contributed by atoms with Gasteiger partial charge in [0.25, 0.3) is 0 Å². The number of alkyl halides is 9. The minimum atomic E-state index is -5.65. The van der Waals surface area contributed by atoms with Crippen LogP contribution in [0, 0.1) is 0 Å². The lowest BCUT2D eigenvalue weighted by atomic mass is 10.0. The van der Waals surface area contributed by atoms with Gasteiger partial charge in [0.15, 0.2) is 0 Å². The molecule has 26 heavy (non-hydrogen) atoms. The monoisotopic (exact) mass is 402 g/mol. The molecule has 0 saturated heterocycles. The SMILES string of the molecule is C=C(C)C(=O)OC(F)(F)C(F)(F)CCCCCCCC(F)(F)C(F)(F)F. The van der Waals surface area contributed by atoms with Crippen molar-refractivity contribution < 1.29 is 49.0 Å². The molecule has 0 atom stereocenters. The molecule has 0 amide bonds. The van der Waals surface area contributed by atoms with Crippen molar-refractivity contribution in [1.29, 1.82) is 0 Å². The zero-order valence-electron chi connectivity index (χ0n) is 13.9. The van der Waals surface area contributed by atoms with Crippen molar-refractivity contribution >= 4 is 5.97 Å². The number of esters is 1. The van der Waals surface area contributed by atoms with E-state index in [4.69, 9.17) is 0 Å². The van der Waals surface area contributed by atoms with Gasteiger partial charge in [-0.3, -0.25) is 0 Å². The molecule has 0 spiro atoms. The minimum absolute atomic E-state index is 0.0150. The smallest absolute Gasteiger partial charge is 0.393 e. The molecule has 0 fully saturated rings. The van der Waals surface area contributed by atoms with Crippen LogP contribution in [0.4, 0.5) is 39.5 Å². The predicted molar refractivity (Wildman–Crippen MR) is 74.1 cm³/mol. The fraction of sp³-hybridized carbons (Fsp3) is 0.800. The van der Waals surface area contributed by atoms with E-state index in [1.54, 1.807) is 0 Å². The maximum Gasteiger partial charge on any atom is 0.466 e. The largest absolute Gasteiger partial charge is 0.466 e. The maximum atomic E-state index is 13.4. The second-order valence-electron chi connectivity index (χ2n) is 5.86. The average molecular weight is 402 g/mol. The van der Waals surface area contributed by atoms with Crippen LogP contribution in [-0.4, -0.2) is 30.1 Å². The van der Waals surface area contributed by atoms with E-state index >= 15 is 0 Å². The molecule has 0 aliphatic heterocycles. The number of halogens is 9. The van der Waals surface area contributed by atoms with E-state index in [0.717, 1.165) is 6.92 Å². The maximum absolute atomic E-state index is 13.4. The predicted octanol–water partition coefficient (Wildman–Crippen LogP) is 6.26. The van der Waals surface area contributed by atoms with Crippen molar-refractivity contribution in [2.45, 2.75) is 76.0 Å². The Kier molecular flexibility index (Phi) is 8.49. The molecule has 0 aromatic heterocycles. The molecule has 0 unspecified atom stereocenters. The molecule has 0 N–H and O–H groups in total. The molecule has 0 aromatic rings. The van der Waals surface area contributed by atoms with Crippen molar-refractivity contribution in [2.75, 3.05) is 0 Å². The van der Waals surface area contributed by atoms with Crippen molar-refractivity contribution in [3.8, 4) is 0 Å². The van der Waals surface area contributed by atoms with Crippen molar-refractivity contribution in [3.05, 3.63) is 12.2 Å². The molecule has 0 rings (SSSR count). The lowest BCUT2D eigenvalue weighted by Gasteiger charge is -2.25. The highest BCUT2D eigenvalue weighted by molar-refractivity contribution is 5.87. The standard InChI is InChI=1S/C15H19F9O2/c1-10(2)11(25)26-15(23,24)13(18,19)9-7-5-3-4-6-8-12(16,17)14(20,21)22/h1,3-9H2,2H3. The van der Waals surface area contributed by atoms with Crippen LogP contribution >= 0.6 is 0 Å². The third-order valence-corrected chi connectivity index (χ3v) is 3.39. The quantitative estimate of drug-likeness (QED) is 0.176. The highest BCUT2D eigenvalue weighted by Crippen LogP contribution is 2.40. The summed E-state index contributed by atoms with van der Waals surface area (Å²) >= 11 is 0. The van der Waals surface area contributed by atoms with Crippen molar-refractivity contribution in [1.82, 2.24) is 0 Å². The molecular weight excluding hydrogens is 383 g/mol. The van der Waals surface area contributed by atoms with Gasteiger partial charge in [-0.2, -0.15) is 39.5 Å². The topological polar surface area (TPSA) is 26.3 Å². The third kappa shape index (κ3) is 7.45. The summed E-state index contributed by atoms with van der Waals surface area (Å²) in [7, 11) is 0. The summed E-state index contributed by atoms with van der Waals surface area (Å²) in [6.45, 7) is 3.98. The molecule has 11 heteroatoms. The van der Waals surface area contributed by atoms with Crippen LogP contribution in [0.15, 0.2) is 12.2 Å². The molecule has 0 heterocycles. The normalized spacial score (nSPS) is 13.6. The van der Waals surface area contributed by atoms with Gasteiger partial charge in [-0.15, -0.1) is 0 Å². The molecule has 2 nitrogen and oxygen atoms in total. The number of carbonyl (C=O) groups excluding carboxylic acids is 1. The highest BCUT2D eigenvalue weighted by Gasteiger charge is 2.59. The van der Waals surface area contributed by atoms with Gasteiger partial charge in [0.1, 0.15) is 0 Å². The lowest BCUT2D eigenvalue weighted by molar-refractivity contribution is -0.331. The fourth-order valence-corrected chi connectivity index (χ4v) is 1.79. The Morgan fingerprint density at radius 1 is 0.769 bits per heavy atom. The Hall–Kier alpha value is -1.42. The van der Waals surface area contributed by atoms with Crippen molar-refractivity contribution in [2.24, 2.45) is 0 Å². The van der Waals surface area contributed by atoms with Crippen LogP contribution in [0.2, 0.25) is 0 Å². The number of hydrogen-bond donors (Lipinski definition) is 0. The number of ether oxygens (including phenoxy) is 1. The molecular formula is C15H19F9O2. The molecule has 0 radical (unpaired) electrons. The summed E-state index contributed by atoms with van der Waals surface area (Å²) in [5.74, 6) is -11.2. The van der Waals surface area contributed by atoms with Crippen LogP contribution in [0.25, 0.3) is 0 Å². The summed E-state index contributed by atoms with van der Waals surface area (Å²) in [5.41, 5.74) is -0.490. The number of carbonyl (C=O) groups is 1. The van der Waals surface area contributed by atoms with Crippen LogP contribution in [0.3, 0.4) is 0 Å². The summed E-state index contributed by atoms with van der Waals surface area (Å²) in [6.07, 6.45) is -14.6. The Labute approximate surface area is 144 Å².